The molecule has 5 heteroatoms. The maximum Gasteiger partial charge on any atom is 4.00 e. The largest absolute Gasteiger partial charge is 4.00 e. The van der Waals surface area contributed by atoms with Gasteiger partial charge in [0.05, 0.1) is 0 Å². The van der Waals surface area contributed by atoms with Gasteiger partial charge in [-0.2, -0.15) is 61.9 Å². The molecule has 4 nitrogen and oxygen atoms in total. The van der Waals surface area contributed by atoms with Gasteiger partial charge >= 0.3 is 21.1 Å². The van der Waals surface area contributed by atoms with Crippen LogP contribution in [0.4, 0.5) is 22.7 Å². The zero-order chi connectivity index (χ0) is 22.5. The molecule has 35 heavy (non-hydrogen) atoms. The Morgan fingerprint density at radius 2 is 0.714 bits per heavy atom. The van der Waals surface area contributed by atoms with Crippen molar-refractivity contribution in [1.82, 2.24) is 0 Å². The summed E-state index contributed by atoms with van der Waals surface area (Å²) in [6.07, 6.45) is 0. The molecule has 0 saturated heterocycles. The monoisotopic (exact) mass is 635 g/mol. The van der Waals surface area contributed by atoms with Crippen LogP contribution in [0.3, 0.4) is 0 Å². The summed E-state index contributed by atoms with van der Waals surface area (Å²) in [5, 5.41) is 0. The van der Waals surface area contributed by atoms with Crippen LogP contribution in [0, 0.1) is 25.5 Å². The Hall–Kier alpha value is -3.23. The molecule has 3 aliphatic rings. The number of fused-ring (bicyclic) bond motifs is 14. The third kappa shape index (κ3) is 4.10. The summed E-state index contributed by atoms with van der Waals surface area (Å²) >= 11 is 0. The Morgan fingerprint density at radius 1 is 0.429 bits per heavy atom. The number of hydrogen-bond acceptors (Lipinski definition) is 4. The van der Waals surface area contributed by atoms with Crippen molar-refractivity contribution in [3.63, 3.8) is 0 Å². The van der Waals surface area contributed by atoms with Gasteiger partial charge in [-0.3, -0.25) is 0 Å². The summed E-state index contributed by atoms with van der Waals surface area (Å²) in [5.74, 6) is 0. The van der Waals surface area contributed by atoms with Gasteiger partial charge in [0.2, 0.25) is 0 Å². The molecule has 0 spiro atoms. The van der Waals surface area contributed by atoms with E-state index in [1.54, 1.807) is 0 Å². The molecule has 8 bridgehead atoms. The van der Waals surface area contributed by atoms with E-state index in [0.717, 1.165) is 26.2 Å². The van der Waals surface area contributed by atoms with Gasteiger partial charge in [-0.15, -0.1) is 22.3 Å². The van der Waals surface area contributed by atoms with Gasteiger partial charge in [0, 0.05) is 22.7 Å². The van der Waals surface area contributed by atoms with E-state index >= 15 is 0 Å². The molecule has 4 aromatic carbocycles. The molecule has 3 heterocycles. The molecule has 0 aromatic heterocycles. The zero-order valence-corrected chi connectivity index (χ0v) is 21.4. The minimum atomic E-state index is 0. The van der Waals surface area contributed by atoms with Crippen molar-refractivity contribution in [2.75, 3.05) is 19.6 Å². The average Bonchev–Trinajstić information content (AvgIpc) is 3.37. The normalized spacial score (nSPS) is 16.0. The Kier molecular flexibility index (Phi) is 5.78. The second kappa shape index (κ2) is 9.09. The third-order valence-corrected chi connectivity index (χ3v) is 6.75. The van der Waals surface area contributed by atoms with Crippen molar-refractivity contribution in [2.24, 2.45) is 0 Å². The van der Waals surface area contributed by atoms with Gasteiger partial charge in [-0.1, -0.05) is 24.3 Å². The fourth-order valence-corrected chi connectivity index (χ4v) is 5.23. The Balaban J connectivity index is 0.00000229. The second-order valence-corrected chi connectivity index (χ2v) is 9.12. The smallest absolute Gasteiger partial charge is 0.500 e. The fraction of sp³-hybridized carbons (Fsp3) is 0.133. The molecule has 0 atom stereocenters. The van der Waals surface area contributed by atoms with E-state index in [-0.39, 0.29) is 21.1 Å². The Labute approximate surface area is 221 Å². The number of rotatable bonds is 0. The van der Waals surface area contributed by atoms with Crippen LogP contribution in [0.5, 0.6) is 0 Å². The van der Waals surface area contributed by atoms with E-state index in [1.165, 1.54) is 45.0 Å². The van der Waals surface area contributed by atoms with Crippen molar-refractivity contribution < 1.29 is 21.1 Å². The molecular weight excluding hydrogens is 611 g/mol. The molecule has 3 aliphatic heterocycles. The minimum absolute atomic E-state index is 0. The molecule has 0 unspecified atom stereocenters. The van der Waals surface area contributed by atoms with E-state index in [0.29, 0.717) is 0 Å². The summed E-state index contributed by atoms with van der Waals surface area (Å²) in [7, 11) is 0. The van der Waals surface area contributed by atoms with E-state index < -0.39 is 0 Å². The summed E-state index contributed by atoms with van der Waals surface area (Å²) in [4.78, 5) is 9.33. The van der Waals surface area contributed by atoms with Crippen LogP contribution in [0.25, 0.3) is 0 Å². The molecule has 174 valence electrons. The van der Waals surface area contributed by atoms with Crippen molar-refractivity contribution in [3.05, 3.63) is 133 Å². The quantitative estimate of drug-likeness (QED) is 0.224. The number of benzene rings is 4. The average molecular weight is 636 g/mol. The summed E-state index contributed by atoms with van der Waals surface area (Å²) in [5.41, 5.74) is 9.70. The molecule has 0 N–H and O–H groups in total. The number of hydrogen-bond donors (Lipinski definition) is 0. The van der Waals surface area contributed by atoms with E-state index in [2.05, 4.69) is 130 Å². The van der Waals surface area contributed by atoms with E-state index in [1.807, 2.05) is 0 Å². The van der Waals surface area contributed by atoms with Gasteiger partial charge in [0.1, 0.15) is 0 Å². The van der Waals surface area contributed by atoms with Crippen LogP contribution < -0.4 is 19.6 Å². The van der Waals surface area contributed by atoms with Crippen LogP contribution >= 0.6 is 0 Å². The molecule has 7 rings (SSSR count). The first kappa shape index (κ1) is 22.2. The Bertz CT molecular complexity index is 1170. The van der Waals surface area contributed by atoms with Gasteiger partial charge in [0.15, 0.2) is 0 Å². The predicted octanol–water partition coefficient (Wildman–Crippen LogP) is 5.89. The first-order valence-corrected chi connectivity index (χ1v) is 11.7. The summed E-state index contributed by atoms with van der Waals surface area (Å²) < 4.78 is 0. The van der Waals surface area contributed by atoms with E-state index in [9.17, 15) is 0 Å². The summed E-state index contributed by atoms with van der Waals surface area (Å²) in [6, 6.07) is 37.7. The first-order chi connectivity index (χ1) is 16.8. The van der Waals surface area contributed by atoms with Crippen LogP contribution in [-0.2, 0) is 47.2 Å². The molecule has 0 fully saturated rings. The molecule has 4 aromatic rings. The van der Waals surface area contributed by atoms with Gasteiger partial charge < -0.3 is 19.6 Å². The third-order valence-electron chi connectivity index (χ3n) is 6.75. The maximum atomic E-state index is 3.69. The molecule has 0 saturated carbocycles. The Morgan fingerprint density at radius 3 is 1.00 bits per heavy atom. The van der Waals surface area contributed by atoms with Crippen molar-refractivity contribution in [2.45, 2.75) is 26.2 Å². The number of anilines is 4. The van der Waals surface area contributed by atoms with Crippen LogP contribution in [0.15, 0.2) is 84.9 Å². The second-order valence-electron chi connectivity index (χ2n) is 9.12. The first-order valence-electron chi connectivity index (χ1n) is 11.7. The molecule has 0 amide bonds. The number of nitrogens with zero attached hydrogens (tertiary/aromatic N) is 4. The number of para-hydroxylation sites is 4. The molecule has 0 radical (unpaired) electrons. The summed E-state index contributed by atoms with van der Waals surface area (Å²) in [6.45, 7) is 7.62. The van der Waals surface area contributed by atoms with Crippen LogP contribution in [-0.4, -0.2) is 0 Å². The van der Waals surface area contributed by atoms with Crippen molar-refractivity contribution >= 4 is 22.7 Å². The van der Waals surface area contributed by atoms with E-state index in [4.69, 9.17) is 0 Å². The van der Waals surface area contributed by atoms with Gasteiger partial charge in [-0.25, -0.2) is 0 Å². The topological polar surface area (TPSA) is 13.0 Å². The van der Waals surface area contributed by atoms with Gasteiger partial charge in [0.25, 0.3) is 0 Å². The zero-order valence-electron chi connectivity index (χ0n) is 19.2. The van der Waals surface area contributed by atoms with Crippen LogP contribution in [0.2, 0.25) is 0 Å². The fourth-order valence-electron chi connectivity index (χ4n) is 5.23. The van der Waals surface area contributed by atoms with Gasteiger partial charge in [-0.05, 0) is 50.4 Å². The molecular formula is C30H24N4Pt. The predicted molar refractivity (Wildman–Crippen MR) is 137 cm³/mol. The van der Waals surface area contributed by atoms with Crippen molar-refractivity contribution in [3.8, 4) is 0 Å². The van der Waals surface area contributed by atoms with Crippen LogP contribution in [0.1, 0.15) is 22.3 Å². The van der Waals surface area contributed by atoms with Crippen molar-refractivity contribution in [1.29, 1.82) is 0 Å². The SMILES string of the molecule is [Pt+4].[c-]1c2cccc1CN1[CH-]N(Cc3[c-]c(ccc3)CN3[CH-]N(C2)c2ccccc23)c2ccccc21. The minimum Gasteiger partial charge on any atom is -0.500 e. The molecule has 0 aliphatic carbocycles. The standard InChI is InChI=1S/C30H24N4.Pt/c1-2-12-28-27(11-1)31-17-23-7-5-9-25(15-23)19-33-22-34(30-14-4-3-13-29(30)33)20-26-10-6-8-24(16-26)18-32(28)21-31;/h1-14,21-22H,17-20H2;/q-4;+4. The maximum absolute atomic E-state index is 3.69.